The van der Waals surface area contributed by atoms with Gasteiger partial charge in [-0.25, -0.2) is 15.5 Å². The fourth-order valence-electron chi connectivity index (χ4n) is 2.29. The normalized spacial score (nSPS) is 19.0. The standard InChI is InChI=1S/C9H13F2N7O/c1-2-17-6-4-16(19)3-5(6)12-7(17)8-13-14-15-18(8)9(10)11/h9,14-15,19H,2-4H2,1H3. The first-order valence-electron chi connectivity index (χ1n) is 5.80. The minimum absolute atomic E-state index is 0.0377. The van der Waals surface area contributed by atoms with Crippen LogP contribution in [0.3, 0.4) is 0 Å². The number of hydrazone groups is 1. The monoisotopic (exact) mass is 273 g/mol. The molecule has 104 valence electrons. The van der Waals surface area contributed by atoms with Crippen molar-refractivity contribution in [3.8, 4) is 0 Å². The first-order chi connectivity index (χ1) is 9.11. The lowest BCUT2D eigenvalue weighted by Crippen LogP contribution is -2.45. The van der Waals surface area contributed by atoms with Gasteiger partial charge in [-0.1, -0.05) is 0 Å². The van der Waals surface area contributed by atoms with E-state index in [0.29, 0.717) is 29.6 Å². The van der Waals surface area contributed by atoms with Gasteiger partial charge in [0.25, 0.3) is 0 Å². The summed E-state index contributed by atoms with van der Waals surface area (Å²) in [4.78, 5) is 4.30. The van der Waals surface area contributed by atoms with Crippen molar-refractivity contribution in [1.82, 2.24) is 30.7 Å². The smallest absolute Gasteiger partial charge is 0.324 e. The van der Waals surface area contributed by atoms with Gasteiger partial charge in [0.15, 0.2) is 5.82 Å². The molecule has 0 aromatic carbocycles. The first-order valence-corrected chi connectivity index (χ1v) is 5.80. The molecule has 0 amide bonds. The van der Waals surface area contributed by atoms with Gasteiger partial charge in [0, 0.05) is 6.54 Å². The molecule has 1 aromatic rings. The zero-order valence-electron chi connectivity index (χ0n) is 10.1. The van der Waals surface area contributed by atoms with Crippen LogP contribution < -0.4 is 11.1 Å². The number of rotatable bonds is 3. The summed E-state index contributed by atoms with van der Waals surface area (Å²) in [6, 6.07) is 0. The van der Waals surface area contributed by atoms with Crippen molar-refractivity contribution in [2.75, 3.05) is 0 Å². The molecule has 10 heteroatoms. The number of hydrogen-bond donors (Lipinski definition) is 3. The second-order valence-electron chi connectivity index (χ2n) is 4.20. The van der Waals surface area contributed by atoms with E-state index in [2.05, 4.69) is 21.2 Å². The molecule has 19 heavy (non-hydrogen) atoms. The van der Waals surface area contributed by atoms with E-state index in [1.165, 1.54) is 0 Å². The second-order valence-corrected chi connectivity index (χ2v) is 4.20. The third-order valence-electron chi connectivity index (χ3n) is 3.09. The molecular weight excluding hydrogens is 260 g/mol. The van der Waals surface area contributed by atoms with E-state index in [4.69, 9.17) is 0 Å². The SMILES string of the molecule is CCn1c(C2=NNNN2C(F)F)nc2c1CN(O)C2. The van der Waals surface area contributed by atoms with Gasteiger partial charge >= 0.3 is 6.55 Å². The Bertz CT molecular complexity index is 529. The summed E-state index contributed by atoms with van der Waals surface area (Å²) in [5.74, 6) is 0.397. The Morgan fingerprint density at radius 1 is 1.42 bits per heavy atom. The van der Waals surface area contributed by atoms with E-state index in [0.717, 1.165) is 10.8 Å². The average molecular weight is 273 g/mol. The first kappa shape index (κ1) is 12.3. The number of hydroxylamine groups is 2. The number of amidine groups is 1. The Kier molecular flexibility index (Phi) is 2.84. The van der Waals surface area contributed by atoms with Crippen molar-refractivity contribution in [1.29, 1.82) is 0 Å². The molecule has 0 unspecified atom stereocenters. The number of hydrazine groups is 2. The van der Waals surface area contributed by atoms with Gasteiger partial charge in [-0.3, -0.25) is 0 Å². The highest BCUT2D eigenvalue weighted by Gasteiger charge is 2.33. The molecule has 3 N–H and O–H groups in total. The van der Waals surface area contributed by atoms with Crippen LogP contribution in [-0.2, 0) is 19.6 Å². The van der Waals surface area contributed by atoms with Crippen LogP contribution in [0.4, 0.5) is 8.78 Å². The Labute approximate surface area is 107 Å². The third-order valence-corrected chi connectivity index (χ3v) is 3.09. The van der Waals surface area contributed by atoms with E-state index >= 15 is 0 Å². The van der Waals surface area contributed by atoms with Gasteiger partial charge in [-0.15, -0.1) is 10.6 Å². The number of aromatic nitrogens is 2. The number of alkyl halides is 2. The molecular formula is C9H13F2N7O. The summed E-state index contributed by atoms with van der Waals surface area (Å²) in [5.41, 5.74) is 6.05. The fourth-order valence-corrected chi connectivity index (χ4v) is 2.29. The van der Waals surface area contributed by atoms with Crippen LogP contribution in [0.25, 0.3) is 0 Å². The molecule has 0 aliphatic carbocycles. The zero-order valence-corrected chi connectivity index (χ0v) is 10.1. The van der Waals surface area contributed by atoms with Crippen molar-refractivity contribution in [2.45, 2.75) is 33.1 Å². The maximum atomic E-state index is 12.8. The van der Waals surface area contributed by atoms with E-state index in [1.54, 1.807) is 4.57 Å². The van der Waals surface area contributed by atoms with Crippen LogP contribution in [0.15, 0.2) is 5.10 Å². The highest BCUT2D eigenvalue weighted by atomic mass is 19.3. The maximum absolute atomic E-state index is 12.8. The number of imidazole rings is 1. The molecule has 0 saturated carbocycles. The number of nitrogens with one attached hydrogen (secondary N) is 2. The summed E-state index contributed by atoms with van der Waals surface area (Å²) in [7, 11) is 0. The lowest BCUT2D eigenvalue weighted by molar-refractivity contribution is -0.0986. The van der Waals surface area contributed by atoms with Gasteiger partial charge in [0.2, 0.25) is 5.84 Å². The van der Waals surface area contributed by atoms with Gasteiger partial charge in [0.1, 0.15) is 0 Å². The highest BCUT2D eigenvalue weighted by molar-refractivity contribution is 5.96. The van der Waals surface area contributed by atoms with Crippen LogP contribution in [0.2, 0.25) is 0 Å². The van der Waals surface area contributed by atoms with Gasteiger partial charge in [-0.05, 0) is 6.92 Å². The lowest BCUT2D eigenvalue weighted by Gasteiger charge is -2.18. The molecule has 3 heterocycles. The van der Waals surface area contributed by atoms with Crippen LogP contribution in [-0.4, -0.2) is 37.2 Å². The van der Waals surface area contributed by atoms with Crippen molar-refractivity contribution in [3.05, 3.63) is 17.2 Å². The van der Waals surface area contributed by atoms with Crippen LogP contribution in [0.5, 0.6) is 0 Å². The summed E-state index contributed by atoms with van der Waals surface area (Å²) in [6.07, 6.45) is 0. The van der Waals surface area contributed by atoms with Crippen molar-refractivity contribution in [2.24, 2.45) is 5.10 Å². The minimum atomic E-state index is -2.74. The predicted octanol–water partition coefficient (Wildman–Crippen LogP) is -0.183. The largest absolute Gasteiger partial charge is 0.331 e. The Morgan fingerprint density at radius 3 is 2.89 bits per heavy atom. The minimum Gasteiger partial charge on any atom is -0.324 e. The quantitative estimate of drug-likeness (QED) is 0.663. The summed E-state index contributed by atoms with van der Waals surface area (Å²) in [6.45, 7) is 0.327. The summed E-state index contributed by atoms with van der Waals surface area (Å²) in [5, 5.41) is 15.0. The number of nitrogens with zero attached hydrogens (tertiary/aromatic N) is 5. The van der Waals surface area contributed by atoms with Gasteiger partial charge in [-0.2, -0.15) is 13.8 Å². The Balaban J connectivity index is 2.00. The lowest BCUT2D eigenvalue weighted by atomic mass is 10.4. The second kappa shape index (κ2) is 4.40. The molecule has 0 radical (unpaired) electrons. The van der Waals surface area contributed by atoms with Gasteiger partial charge < -0.3 is 9.77 Å². The van der Waals surface area contributed by atoms with E-state index in [9.17, 15) is 14.0 Å². The average Bonchev–Trinajstić information content (AvgIpc) is 3.00. The van der Waals surface area contributed by atoms with E-state index in [-0.39, 0.29) is 12.4 Å². The zero-order chi connectivity index (χ0) is 13.6. The number of hydrogen-bond acceptors (Lipinski definition) is 7. The van der Waals surface area contributed by atoms with Crippen molar-refractivity contribution >= 4 is 5.84 Å². The molecule has 2 aliphatic rings. The molecule has 0 saturated heterocycles. The fraction of sp³-hybridized carbons (Fsp3) is 0.556. The van der Waals surface area contributed by atoms with Crippen LogP contribution in [0.1, 0.15) is 24.1 Å². The molecule has 8 nitrogen and oxygen atoms in total. The maximum Gasteiger partial charge on any atom is 0.331 e. The predicted molar refractivity (Wildman–Crippen MR) is 59.6 cm³/mol. The highest BCUT2D eigenvalue weighted by Crippen LogP contribution is 2.24. The van der Waals surface area contributed by atoms with Crippen LogP contribution in [0, 0.1) is 0 Å². The molecule has 1 aromatic heterocycles. The molecule has 0 atom stereocenters. The molecule has 2 aliphatic heterocycles. The van der Waals surface area contributed by atoms with Gasteiger partial charge in [0.05, 0.1) is 24.5 Å². The number of halogens is 2. The number of fused-ring (bicyclic) bond motifs is 1. The molecule has 3 rings (SSSR count). The van der Waals surface area contributed by atoms with Crippen LogP contribution >= 0.6 is 0 Å². The van der Waals surface area contributed by atoms with Crippen molar-refractivity contribution < 1.29 is 14.0 Å². The van der Waals surface area contributed by atoms with Crippen molar-refractivity contribution in [3.63, 3.8) is 0 Å². The summed E-state index contributed by atoms with van der Waals surface area (Å²) < 4.78 is 27.4. The topological polar surface area (TPSA) is 81.0 Å². The summed E-state index contributed by atoms with van der Waals surface area (Å²) >= 11 is 0. The molecule has 0 bridgehead atoms. The van der Waals surface area contributed by atoms with E-state index < -0.39 is 6.55 Å². The Hall–Kier alpha value is -1.78. The van der Waals surface area contributed by atoms with E-state index in [1.807, 2.05) is 6.92 Å². The molecule has 0 fully saturated rings. The Morgan fingerprint density at radius 2 is 2.21 bits per heavy atom. The molecule has 0 spiro atoms. The third kappa shape index (κ3) is 1.84.